The first kappa shape index (κ1) is 19.7. The first-order valence-corrected chi connectivity index (χ1v) is 9.83. The van der Waals surface area contributed by atoms with E-state index in [1.165, 1.54) is 0 Å². The summed E-state index contributed by atoms with van der Waals surface area (Å²) in [4.78, 5) is 27.8. The van der Waals surface area contributed by atoms with Crippen molar-refractivity contribution in [3.05, 3.63) is 57.5 Å². The van der Waals surface area contributed by atoms with Crippen molar-refractivity contribution in [2.45, 2.75) is 6.92 Å². The van der Waals surface area contributed by atoms with Crippen LogP contribution in [0.1, 0.15) is 17.3 Å². The summed E-state index contributed by atoms with van der Waals surface area (Å²) >= 11 is 9.29. The van der Waals surface area contributed by atoms with Crippen molar-refractivity contribution >= 4 is 44.9 Å². The molecule has 1 aliphatic rings. The second kappa shape index (κ2) is 8.76. The number of carbonyl (C=O) groups excluding carboxylic acids is 2. The van der Waals surface area contributed by atoms with E-state index >= 15 is 0 Å². The van der Waals surface area contributed by atoms with Gasteiger partial charge < -0.3 is 14.5 Å². The molecule has 0 saturated carbocycles. The molecule has 1 heterocycles. The zero-order chi connectivity index (χ0) is 19.4. The Hall–Kier alpha value is -2.05. The zero-order valence-corrected chi connectivity index (χ0v) is 17.3. The van der Waals surface area contributed by atoms with Gasteiger partial charge in [0.25, 0.3) is 5.91 Å². The molecule has 2 aromatic carbocycles. The van der Waals surface area contributed by atoms with Crippen LogP contribution in [0.5, 0.6) is 5.75 Å². The molecule has 0 aromatic heterocycles. The molecule has 0 N–H and O–H groups in total. The maximum absolute atomic E-state index is 12.4. The molecule has 27 heavy (non-hydrogen) atoms. The molecule has 0 radical (unpaired) electrons. The van der Waals surface area contributed by atoms with Crippen LogP contribution >= 0.6 is 27.5 Å². The summed E-state index contributed by atoms with van der Waals surface area (Å²) in [6.07, 6.45) is 0. The number of halogens is 2. The Morgan fingerprint density at radius 1 is 1.07 bits per heavy atom. The van der Waals surface area contributed by atoms with Gasteiger partial charge in [0.1, 0.15) is 5.75 Å². The predicted molar refractivity (Wildman–Crippen MR) is 110 cm³/mol. The Balaban J connectivity index is 1.51. The second-order valence-corrected chi connectivity index (χ2v) is 7.63. The number of piperazine rings is 1. The van der Waals surface area contributed by atoms with Crippen LogP contribution in [0.2, 0.25) is 5.02 Å². The molecule has 0 bridgehead atoms. The van der Waals surface area contributed by atoms with Crippen LogP contribution in [0, 0.1) is 0 Å². The molecule has 1 saturated heterocycles. The van der Waals surface area contributed by atoms with Crippen LogP contribution in [0.3, 0.4) is 0 Å². The fraction of sp³-hybridized carbons (Fsp3) is 0.300. The summed E-state index contributed by atoms with van der Waals surface area (Å²) in [5.41, 5.74) is 1.77. The summed E-state index contributed by atoms with van der Waals surface area (Å²) < 4.78 is 6.34. The smallest absolute Gasteiger partial charge is 0.260 e. The standard InChI is InChI=1S/C20H20BrClN2O3/c1-14(25)15-2-5-17(6-3-15)23-8-10-24(11-9-23)20(26)13-27-19-7-4-16(22)12-18(19)21/h2-7,12H,8-11,13H2,1H3. The number of carbonyl (C=O) groups is 2. The number of benzene rings is 2. The van der Waals surface area contributed by atoms with E-state index < -0.39 is 0 Å². The van der Waals surface area contributed by atoms with Crippen molar-refractivity contribution in [1.82, 2.24) is 4.90 Å². The molecule has 142 valence electrons. The quantitative estimate of drug-likeness (QED) is 0.644. The summed E-state index contributed by atoms with van der Waals surface area (Å²) in [6, 6.07) is 12.8. The van der Waals surface area contributed by atoms with Gasteiger partial charge in [-0.15, -0.1) is 0 Å². The lowest BCUT2D eigenvalue weighted by Gasteiger charge is -2.36. The van der Waals surface area contributed by atoms with Gasteiger partial charge >= 0.3 is 0 Å². The third-order valence-electron chi connectivity index (χ3n) is 4.52. The van der Waals surface area contributed by atoms with E-state index in [4.69, 9.17) is 16.3 Å². The van der Waals surface area contributed by atoms with Gasteiger partial charge in [-0.2, -0.15) is 0 Å². The molecule has 1 fully saturated rings. The minimum Gasteiger partial charge on any atom is -0.483 e. The van der Waals surface area contributed by atoms with Gasteiger partial charge in [0.2, 0.25) is 0 Å². The molecule has 3 rings (SSSR count). The van der Waals surface area contributed by atoms with Crippen molar-refractivity contribution in [1.29, 1.82) is 0 Å². The largest absolute Gasteiger partial charge is 0.483 e. The molecule has 2 aromatic rings. The number of rotatable bonds is 5. The van der Waals surface area contributed by atoms with Crippen molar-refractivity contribution in [2.75, 3.05) is 37.7 Å². The fourth-order valence-corrected chi connectivity index (χ4v) is 3.74. The van der Waals surface area contributed by atoms with Crippen LogP contribution in [-0.2, 0) is 4.79 Å². The van der Waals surface area contributed by atoms with Crippen LogP contribution in [-0.4, -0.2) is 49.4 Å². The number of hydrogen-bond acceptors (Lipinski definition) is 4. The maximum Gasteiger partial charge on any atom is 0.260 e. The van der Waals surface area contributed by atoms with E-state index in [-0.39, 0.29) is 18.3 Å². The number of ketones is 1. The number of Topliss-reactive ketones (excluding diaryl/α,β-unsaturated/α-hetero) is 1. The summed E-state index contributed by atoms with van der Waals surface area (Å²) in [5.74, 6) is 0.615. The molecule has 0 atom stereocenters. The normalized spacial score (nSPS) is 14.2. The molecule has 0 aliphatic carbocycles. The average molecular weight is 452 g/mol. The lowest BCUT2D eigenvalue weighted by atomic mass is 10.1. The number of nitrogens with zero attached hydrogens (tertiary/aromatic N) is 2. The van der Waals surface area contributed by atoms with Gasteiger partial charge in [-0.05, 0) is 65.3 Å². The van der Waals surface area contributed by atoms with E-state index in [0.29, 0.717) is 29.4 Å². The van der Waals surface area contributed by atoms with E-state index in [0.717, 1.165) is 23.2 Å². The second-order valence-electron chi connectivity index (χ2n) is 6.33. The Morgan fingerprint density at radius 2 is 1.74 bits per heavy atom. The molecule has 7 heteroatoms. The van der Waals surface area contributed by atoms with Gasteiger partial charge in [0.15, 0.2) is 12.4 Å². The Morgan fingerprint density at radius 3 is 2.33 bits per heavy atom. The van der Waals surface area contributed by atoms with Crippen LogP contribution in [0.15, 0.2) is 46.9 Å². The highest BCUT2D eigenvalue weighted by molar-refractivity contribution is 9.10. The number of anilines is 1. The Labute approximate surface area is 172 Å². The van der Waals surface area contributed by atoms with E-state index in [9.17, 15) is 9.59 Å². The molecule has 5 nitrogen and oxygen atoms in total. The fourth-order valence-electron chi connectivity index (χ4n) is 2.94. The minimum absolute atomic E-state index is 0.00641. The molecule has 0 unspecified atom stereocenters. The van der Waals surface area contributed by atoms with Crippen molar-refractivity contribution in [3.8, 4) is 5.75 Å². The van der Waals surface area contributed by atoms with Crippen molar-refractivity contribution in [2.24, 2.45) is 0 Å². The number of ether oxygens (including phenoxy) is 1. The highest BCUT2D eigenvalue weighted by Crippen LogP contribution is 2.28. The molecular formula is C20H20BrClN2O3. The average Bonchev–Trinajstić information content (AvgIpc) is 2.67. The van der Waals surface area contributed by atoms with Crippen LogP contribution in [0.4, 0.5) is 5.69 Å². The monoisotopic (exact) mass is 450 g/mol. The molecule has 1 aliphatic heterocycles. The highest BCUT2D eigenvalue weighted by Gasteiger charge is 2.22. The maximum atomic E-state index is 12.4. The lowest BCUT2D eigenvalue weighted by Crippen LogP contribution is -2.50. The van der Waals surface area contributed by atoms with Gasteiger partial charge in [0, 0.05) is 42.5 Å². The van der Waals surface area contributed by atoms with E-state index in [2.05, 4.69) is 20.8 Å². The lowest BCUT2D eigenvalue weighted by molar-refractivity contribution is -0.133. The highest BCUT2D eigenvalue weighted by atomic mass is 79.9. The van der Waals surface area contributed by atoms with Gasteiger partial charge in [-0.3, -0.25) is 9.59 Å². The third-order valence-corrected chi connectivity index (χ3v) is 5.37. The predicted octanol–water partition coefficient (Wildman–Crippen LogP) is 4.03. The SMILES string of the molecule is CC(=O)c1ccc(N2CCN(C(=O)COc3ccc(Cl)cc3Br)CC2)cc1. The summed E-state index contributed by atoms with van der Waals surface area (Å²) in [6.45, 7) is 4.32. The van der Waals surface area contributed by atoms with E-state index in [1.54, 1.807) is 25.1 Å². The summed E-state index contributed by atoms with van der Waals surface area (Å²) in [7, 11) is 0. The number of amides is 1. The molecule has 0 spiro atoms. The van der Waals surface area contributed by atoms with Crippen molar-refractivity contribution < 1.29 is 14.3 Å². The molecular weight excluding hydrogens is 432 g/mol. The molecule has 1 amide bonds. The minimum atomic E-state index is -0.0385. The first-order valence-electron chi connectivity index (χ1n) is 8.65. The first-order chi connectivity index (χ1) is 12.9. The topological polar surface area (TPSA) is 49.9 Å². The Bertz CT molecular complexity index is 834. The Kier molecular flexibility index (Phi) is 6.39. The van der Waals surface area contributed by atoms with Gasteiger partial charge in [-0.25, -0.2) is 0 Å². The van der Waals surface area contributed by atoms with Crippen molar-refractivity contribution in [3.63, 3.8) is 0 Å². The van der Waals surface area contributed by atoms with Crippen LogP contribution < -0.4 is 9.64 Å². The van der Waals surface area contributed by atoms with Crippen LogP contribution in [0.25, 0.3) is 0 Å². The number of hydrogen-bond donors (Lipinski definition) is 0. The van der Waals surface area contributed by atoms with Gasteiger partial charge in [0.05, 0.1) is 4.47 Å². The van der Waals surface area contributed by atoms with Gasteiger partial charge in [-0.1, -0.05) is 11.6 Å². The van der Waals surface area contributed by atoms with E-state index in [1.807, 2.05) is 29.2 Å². The summed E-state index contributed by atoms with van der Waals surface area (Å²) in [5, 5.41) is 0.605. The third kappa shape index (κ3) is 5.02. The zero-order valence-electron chi connectivity index (χ0n) is 15.0.